The van der Waals surface area contributed by atoms with E-state index in [-0.39, 0.29) is 18.2 Å². The molecule has 3 amide bonds. The van der Waals surface area contributed by atoms with Crippen LogP contribution in [0.25, 0.3) is 0 Å². The van der Waals surface area contributed by atoms with Crippen LogP contribution in [0.1, 0.15) is 32.3 Å². The number of aliphatic hydroxyl groups is 1. The molecule has 1 aromatic carbocycles. The van der Waals surface area contributed by atoms with Gasteiger partial charge < -0.3 is 20.6 Å². The van der Waals surface area contributed by atoms with Gasteiger partial charge in [0.15, 0.2) is 0 Å². The summed E-state index contributed by atoms with van der Waals surface area (Å²) in [5.74, 6) is -0.917. The smallest absolute Gasteiger partial charge is 0.245 e. The molecule has 142 valence electrons. The molecule has 1 aliphatic rings. The van der Waals surface area contributed by atoms with Gasteiger partial charge in [0.25, 0.3) is 0 Å². The number of carbonyl (C=O) groups excluding carboxylic acids is 3. The summed E-state index contributed by atoms with van der Waals surface area (Å²) in [6.45, 7) is 3.94. The number of nitrogens with one attached hydrogen (secondary N) is 2. The molecule has 2 rings (SSSR count). The van der Waals surface area contributed by atoms with E-state index >= 15 is 0 Å². The van der Waals surface area contributed by atoms with Crippen molar-refractivity contribution < 1.29 is 19.5 Å². The minimum atomic E-state index is -1.04. The van der Waals surface area contributed by atoms with E-state index in [1.807, 2.05) is 30.3 Å². The molecule has 0 saturated carbocycles. The summed E-state index contributed by atoms with van der Waals surface area (Å²) in [7, 11) is 1.50. The van der Waals surface area contributed by atoms with E-state index in [1.54, 1.807) is 6.92 Å². The van der Waals surface area contributed by atoms with E-state index < -0.39 is 23.5 Å². The van der Waals surface area contributed by atoms with Crippen LogP contribution in [-0.2, 0) is 20.9 Å². The third-order valence-corrected chi connectivity index (χ3v) is 4.84. The fraction of sp³-hybridized carbons (Fsp3) is 0.526. The lowest BCUT2D eigenvalue weighted by Crippen LogP contribution is -2.57. The monoisotopic (exact) mass is 361 g/mol. The minimum Gasteiger partial charge on any atom is -0.391 e. The molecule has 1 unspecified atom stereocenters. The number of likely N-dealkylation sites (N-methyl/N-ethyl adjacent to an activating group) is 1. The molecule has 3 N–H and O–H groups in total. The van der Waals surface area contributed by atoms with Crippen LogP contribution in [0, 0.1) is 5.41 Å². The van der Waals surface area contributed by atoms with Crippen molar-refractivity contribution in [2.75, 3.05) is 13.6 Å². The van der Waals surface area contributed by atoms with Crippen molar-refractivity contribution >= 4 is 17.7 Å². The van der Waals surface area contributed by atoms with E-state index in [4.69, 9.17) is 0 Å². The van der Waals surface area contributed by atoms with E-state index in [9.17, 15) is 19.5 Å². The number of piperidine rings is 1. The Hall–Kier alpha value is -2.41. The molecule has 3 atom stereocenters. The Morgan fingerprint density at radius 2 is 2.00 bits per heavy atom. The summed E-state index contributed by atoms with van der Waals surface area (Å²) in [4.78, 5) is 38.5. The Bertz CT molecular complexity index is 662. The largest absolute Gasteiger partial charge is 0.391 e. The first kappa shape index (κ1) is 19.9. The van der Waals surface area contributed by atoms with E-state index in [2.05, 4.69) is 10.6 Å². The lowest BCUT2D eigenvalue weighted by atomic mass is 9.79. The third-order valence-electron chi connectivity index (χ3n) is 4.84. The molecule has 1 saturated heterocycles. The van der Waals surface area contributed by atoms with Crippen molar-refractivity contribution in [2.45, 2.75) is 45.4 Å². The molecule has 7 heteroatoms. The van der Waals surface area contributed by atoms with Crippen molar-refractivity contribution in [3.63, 3.8) is 0 Å². The molecule has 1 heterocycles. The van der Waals surface area contributed by atoms with Gasteiger partial charge in [-0.25, -0.2) is 0 Å². The summed E-state index contributed by atoms with van der Waals surface area (Å²) >= 11 is 0. The molecule has 1 fully saturated rings. The maximum atomic E-state index is 12.9. The summed E-state index contributed by atoms with van der Waals surface area (Å²) < 4.78 is 0. The van der Waals surface area contributed by atoms with Gasteiger partial charge in [-0.1, -0.05) is 37.3 Å². The fourth-order valence-corrected chi connectivity index (χ4v) is 3.33. The lowest BCUT2D eigenvalue weighted by molar-refractivity contribution is -0.153. The zero-order valence-electron chi connectivity index (χ0n) is 15.5. The maximum Gasteiger partial charge on any atom is 0.245 e. The van der Waals surface area contributed by atoms with E-state index in [0.717, 1.165) is 5.56 Å². The number of nitrogens with zero attached hydrogens (tertiary/aromatic N) is 1. The van der Waals surface area contributed by atoms with Gasteiger partial charge in [-0.15, -0.1) is 0 Å². The molecule has 0 aliphatic carbocycles. The standard InChI is InChI=1S/C19H27N3O4/c1-13(23)16(17(25)21-12-14-7-5-4-6-8-14)22(3)18(26)19(2)9-10-20-15(24)11-19/h4-8,13,16,23H,9-12H2,1-3H3,(H,20,24)(H,21,25)/t13-,16+,19?/m1/s1. The van der Waals surface area contributed by atoms with Crippen molar-refractivity contribution in [3.8, 4) is 0 Å². The SMILES string of the molecule is C[C@@H](O)[C@@H](C(=O)NCc1ccccc1)N(C)C(=O)C1(C)CCNC(=O)C1. The molecule has 7 nitrogen and oxygen atoms in total. The van der Waals surface area contributed by atoms with Gasteiger partial charge in [-0.3, -0.25) is 14.4 Å². The van der Waals surface area contributed by atoms with Crippen molar-refractivity contribution in [1.82, 2.24) is 15.5 Å². The second-order valence-corrected chi connectivity index (χ2v) is 7.14. The molecule has 1 aromatic rings. The summed E-state index contributed by atoms with van der Waals surface area (Å²) in [5, 5.41) is 15.6. The van der Waals surface area contributed by atoms with Gasteiger partial charge in [0, 0.05) is 26.6 Å². The van der Waals surface area contributed by atoms with Gasteiger partial charge in [0.2, 0.25) is 17.7 Å². The number of hydrogen-bond acceptors (Lipinski definition) is 4. The van der Waals surface area contributed by atoms with Gasteiger partial charge in [0.05, 0.1) is 11.5 Å². The van der Waals surface area contributed by atoms with Gasteiger partial charge >= 0.3 is 0 Å². The number of benzene rings is 1. The minimum absolute atomic E-state index is 0.0777. The topological polar surface area (TPSA) is 98.7 Å². The number of hydrogen-bond donors (Lipinski definition) is 3. The normalized spacial score (nSPS) is 22.1. The molecule has 0 aromatic heterocycles. The highest BCUT2D eigenvalue weighted by Crippen LogP contribution is 2.31. The molecule has 26 heavy (non-hydrogen) atoms. The third kappa shape index (κ3) is 4.60. The Labute approximate surface area is 153 Å². The number of rotatable bonds is 6. The molecule has 1 aliphatic heterocycles. The highest BCUT2D eigenvalue weighted by atomic mass is 16.3. The van der Waals surface area contributed by atoms with Crippen LogP contribution in [0.3, 0.4) is 0 Å². The zero-order chi connectivity index (χ0) is 19.3. The van der Waals surface area contributed by atoms with Crippen LogP contribution in [0.5, 0.6) is 0 Å². The van der Waals surface area contributed by atoms with E-state index in [0.29, 0.717) is 19.5 Å². The van der Waals surface area contributed by atoms with Crippen LogP contribution in [0.4, 0.5) is 0 Å². The van der Waals surface area contributed by atoms with Crippen molar-refractivity contribution in [3.05, 3.63) is 35.9 Å². The predicted octanol–water partition coefficient (Wildman–Crippen LogP) is 0.427. The van der Waals surface area contributed by atoms with Crippen molar-refractivity contribution in [1.29, 1.82) is 0 Å². The Morgan fingerprint density at radius 3 is 2.58 bits per heavy atom. The lowest BCUT2D eigenvalue weighted by Gasteiger charge is -2.38. The number of aliphatic hydroxyl groups excluding tert-OH is 1. The highest BCUT2D eigenvalue weighted by molar-refractivity contribution is 5.93. The van der Waals surface area contributed by atoms with Gasteiger partial charge in [-0.2, -0.15) is 0 Å². The first-order chi connectivity index (χ1) is 12.2. The summed E-state index contributed by atoms with van der Waals surface area (Å²) in [5.41, 5.74) is 0.0549. The zero-order valence-corrected chi connectivity index (χ0v) is 15.5. The molecule has 0 spiro atoms. The van der Waals surface area contributed by atoms with Crippen LogP contribution in [0.15, 0.2) is 30.3 Å². The average Bonchev–Trinajstić information content (AvgIpc) is 2.59. The van der Waals surface area contributed by atoms with Gasteiger partial charge in [0.1, 0.15) is 6.04 Å². The molecular weight excluding hydrogens is 334 g/mol. The first-order valence-corrected chi connectivity index (χ1v) is 8.78. The van der Waals surface area contributed by atoms with Gasteiger partial charge in [-0.05, 0) is 18.9 Å². The second kappa shape index (κ2) is 8.31. The summed E-state index contributed by atoms with van der Waals surface area (Å²) in [6, 6.07) is 8.38. The Morgan fingerprint density at radius 1 is 1.35 bits per heavy atom. The van der Waals surface area contributed by atoms with Crippen LogP contribution < -0.4 is 10.6 Å². The molecule has 0 radical (unpaired) electrons. The quantitative estimate of drug-likeness (QED) is 0.684. The molecule has 0 bridgehead atoms. The average molecular weight is 361 g/mol. The number of amides is 3. The van der Waals surface area contributed by atoms with Crippen LogP contribution >= 0.6 is 0 Å². The highest BCUT2D eigenvalue weighted by Gasteiger charge is 2.43. The molecular formula is C19H27N3O4. The Kier molecular flexibility index (Phi) is 6.37. The Balaban J connectivity index is 2.08. The second-order valence-electron chi connectivity index (χ2n) is 7.14. The van der Waals surface area contributed by atoms with E-state index in [1.165, 1.54) is 18.9 Å². The first-order valence-electron chi connectivity index (χ1n) is 8.78. The van der Waals surface area contributed by atoms with Crippen LogP contribution in [0.2, 0.25) is 0 Å². The maximum absolute atomic E-state index is 12.9. The van der Waals surface area contributed by atoms with Crippen LogP contribution in [-0.4, -0.2) is 53.5 Å². The number of carbonyl (C=O) groups is 3. The van der Waals surface area contributed by atoms with Crippen molar-refractivity contribution in [2.24, 2.45) is 5.41 Å². The fourth-order valence-electron chi connectivity index (χ4n) is 3.33. The summed E-state index contributed by atoms with van der Waals surface area (Å²) in [6.07, 6.45) is -0.463. The predicted molar refractivity (Wildman–Crippen MR) is 96.9 cm³/mol.